The molecule has 4 N–H and O–H groups in total. The summed E-state index contributed by atoms with van der Waals surface area (Å²) in [6.07, 6.45) is 6.33. The van der Waals surface area contributed by atoms with Crippen molar-refractivity contribution >= 4 is 29.0 Å². The van der Waals surface area contributed by atoms with Crippen LogP contribution in [0.1, 0.15) is 12.5 Å². The van der Waals surface area contributed by atoms with Crippen molar-refractivity contribution in [2.75, 3.05) is 49.3 Å². The van der Waals surface area contributed by atoms with Gasteiger partial charge in [0.2, 0.25) is 11.9 Å². The number of likely N-dealkylation sites (N-methyl/N-ethyl adjacent to an activating group) is 1. The first-order valence-electron chi connectivity index (χ1n) is 11.8. The number of allylic oxidation sites excluding steroid dienone is 1. The molecular weight excluding hydrogens is 433 g/mol. The number of carbonyl (C=O) groups is 1. The van der Waals surface area contributed by atoms with E-state index >= 15 is 0 Å². The molecule has 34 heavy (non-hydrogen) atoms. The van der Waals surface area contributed by atoms with Crippen LogP contribution in [0.4, 0.5) is 27.5 Å². The molecule has 0 spiro atoms. The van der Waals surface area contributed by atoms with E-state index in [0.717, 1.165) is 37.9 Å². The summed E-state index contributed by atoms with van der Waals surface area (Å²) in [7, 11) is 4.16. The van der Waals surface area contributed by atoms with Crippen molar-refractivity contribution in [3.8, 4) is 0 Å². The zero-order valence-electron chi connectivity index (χ0n) is 19.7. The molecule has 1 aliphatic heterocycles. The number of benzene rings is 1. The molecule has 1 amide bonds. The minimum absolute atomic E-state index is 0.0899. The van der Waals surface area contributed by atoms with Crippen LogP contribution in [0.3, 0.4) is 0 Å². The smallest absolute Gasteiger partial charge is 0.229 e. The molecule has 2 fully saturated rings. The lowest BCUT2D eigenvalue weighted by Gasteiger charge is -2.47. The zero-order chi connectivity index (χ0) is 23.8. The topological polar surface area (TPSA) is 99.4 Å². The van der Waals surface area contributed by atoms with E-state index in [-0.39, 0.29) is 35.0 Å². The van der Waals surface area contributed by atoms with Gasteiger partial charge in [0.15, 0.2) is 11.6 Å². The van der Waals surface area contributed by atoms with Crippen LogP contribution in [0, 0.1) is 28.5 Å². The highest BCUT2D eigenvalue weighted by Gasteiger charge is 2.92. The monoisotopic (exact) mass is 463 g/mol. The largest absolute Gasteiger partial charge is 0.370 e. The molecule has 178 valence electrons. The Morgan fingerprint density at radius 1 is 1.35 bits per heavy atom. The number of anilines is 4. The molecule has 5 atom stereocenters. The van der Waals surface area contributed by atoms with Crippen molar-refractivity contribution in [2.45, 2.75) is 19.4 Å². The zero-order valence-corrected chi connectivity index (χ0v) is 19.7. The third-order valence-corrected chi connectivity index (χ3v) is 8.59. The van der Waals surface area contributed by atoms with Gasteiger partial charge in [-0.25, -0.2) is 9.37 Å². The molecule has 0 bridgehead atoms. The number of aromatic nitrogens is 2. The molecule has 1 aromatic carbocycles. The average Bonchev–Trinajstić information content (AvgIpc) is 3.07. The molecular formula is C25H30FN7O. The fraction of sp³-hybridized carbons (Fsp3) is 0.480. The van der Waals surface area contributed by atoms with Crippen molar-refractivity contribution in [1.82, 2.24) is 14.9 Å². The second-order valence-corrected chi connectivity index (χ2v) is 10.4. The summed E-state index contributed by atoms with van der Waals surface area (Å²) < 4.78 is 14.6. The second kappa shape index (κ2) is 7.15. The molecule has 6 rings (SSSR count). The van der Waals surface area contributed by atoms with E-state index in [0.29, 0.717) is 5.95 Å². The highest BCUT2D eigenvalue weighted by Crippen LogP contribution is 2.87. The van der Waals surface area contributed by atoms with Gasteiger partial charge in [0, 0.05) is 48.3 Å². The minimum atomic E-state index is -0.657. The molecule has 3 aliphatic carbocycles. The fourth-order valence-corrected chi connectivity index (χ4v) is 6.83. The number of hydrogen-bond donors (Lipinski definition) is 3. The van der Waals surface area contributed by atoms with Crippen molar-refractivity contribution in [2.24, 2.45) is 28.4 Å². The number of nitrogens with two attached hydrogens (primary N) is 1. The average molecular weight is 464 g/mol. The fourth-order valence-electron chi connectivity index (χ4n) is 6.83. The Hall–Kier alpha value is -3.20. The normalized spacial score (nSPS) is 31.8. The molecule has 4 aliphatic rings. The number of fused-ring (bicyclic) bond motifs is 2. The van der Waals surface area contributed by atoms with Gasteiger partial charge < -0.3 is 26.2 Å². The van der Waals surface area contributed by atoms with Crippen LogP contribution in [0.15, 0.2) is 36.5 Å². The third kappa shape index (κ3) is 2.70. The van der Waals surface area contributed by atoms with Gasteiger partial charge in [0.25, 0.3) is 0 Å². The summed E-state index contributed by atoms with van der Waals surface area (Å²) in [5.41, 5.74) is 8.38. The highest BCUT2D eigenvalue weighted by atomic mass is 19.1. The molecule has 2 aromatic rings. The Morgan fingerprint density at radius 2 is 2.18 bits per heavy atom. The molecule has 0 unspecified atom stereocenters. The van der Waals surface area contributed by atoms with Crippen LogP contribution in [0.25, 0.3) is 0 Å². The van der Waals surface area contributed by atoms with Crippen molar-refractivity contribution in [3.63, 3.8) is 0 Å². The third-order valence-electron chi connectivity index (χ3n) is 8.59. The van der Waals surface area contributed by atoms with E-state index in [4.69, 9.17) is 5.73 Å². The van der Waals surface area contributed by atoms with Crippen LogP contribution in [-0.4, -0.2) is 60.5 Å². The highest BCUT2D eigenvalue weighted by molar-refractivity contribution is 5.92. The second-order valence-electron chi connectivity index (χ2n) is 10.4. The summed E-state index contributed by atoms with van der Waals surface area (Å²) in [5, 5.41) is 6.39. The van der Waals surface area contributed by atoms with Crippen LogP contribution in [-0.2, 0) is 11.2 Å². The van der Waals surface area contributed by atoms with Gasteiger partial charge in [0.05, 0.1) is 17.7 Å². The molecule has 1 aromatic heterocycles. The number of carbonyl (C=O) groups excluding carboxylic acids is 1. The maximum atomic E-state index is 14.6. The molecule has 8 nitrogen and oxygen atoms in total. The number of halogens is 1. The quantitative estimate of drug-likeness (QED) is 0.517. The van der Waals surface area contributed by atoms with Gasteiger partial charge in [0.1, 0.15) is 0 Å². The van der Waals surface area contributed by atoms with Gasteiger partial charge in [-0.2, -0.15) is 4.98 Å². The van der Waals surface area contributed by atoms with Crippen molar-refractivity contribution < 1.29 is 9.18 Å². The summed E-state index contributed by atoms with van der Waals surface area (Å²) in [6.45, 7) is 5.09. The van der Waals surface area contributed by atoms with Crippen molar-refractivity contribution in [3.05, 3.63) is 47.9 Å². The first-order chi connectivity index (χ1) is 16.3. The van der Waals surface area contributed by atoms with Gasteiger partial charge in [-0.1, -0.05) is 19.1 Å². The van der Waals surface area contributed by atoms with E-state index < -0.39 is 11.2 Å². The summed E-state index contributed by atoms with van der Waals surface area (Å²) in [5.74, 6) is -0.229. The minimum Gasteiger partial charge on any atom is -0.370 e. The number of nitrogens with zero attached hydrogens (tertiary/aromatic N) is 4. The van der Waals surface area contributed by atoms with Gasteiger partial charge in [-0.3, -0.25) is 4.79 Å². The van der Waals surface area contributed by atoms with Gasteiger partial charge >= 0.3 is 0 Å². The maximum absolute atomic E-state index is 14.6. The summed E-state index contributed by atoms with van der Waals surface area (Å²) in [6, 6.07) is 5.97. The van der Waals surface area contributed by atoms with Crippen molar-refractivity contribution in [1.29, 1.82) is 0 Å². The van der Waals surface area contributed by atoms with E-state index in [2.05, 4.69) is 75.7 Å². The number of rotatable bonds is 8. The van der Waals surface area contributed by atoms with E-state index in [1.165, 1.54) is 11.3 Å². The van der Waals surface area contributed by atoms with E-state index in [1.807, 2.05) is 6.07 Å². The Morgan fingerprint density at radius 3 is 2.91 bits per heavy atom. The first kappa shape index (κ1) is 21.3. The first-order valence-corrected chi connectivity index (χ1v) is 11.8. The molecule has 0 radical (unpaired) electrons. The SMILES string of the molecule is CN(C)CCN1CCc2cc(Nc3ncc(F)c(N[C@H]4[C@@H]5C=C[C@H]6[C@]5(C)[C@@]46C(N)=O)n3)ccc21. The number of primary amides is 1. The molecule has 0 saturated heterocycles. The lowest BCUT2D eigenvalue weighted by Crippen LogP contribution is -2.59. The Balaban J connectivity index is 1.19. The Labute approximate surface area is 198 Å². The van der Waals surface area contributed by atoms with Gasteiger partial charge in [-0.15, -0.1) is 0 Å². The lowest BCUT2D eigenvalue weighted by molar-refractivity contribution is -0.130. The predicted octanol–water partition coefficient (Wildman–Crippen LogP) is 2.37. The number of amides is 1. The molecule has 9 heteroatoms. The standard InChI is InChI=1S/C25H30FN7O/c1-24-16-5-7-19(24)25(24,22(27)34)20(16)30-21-17(26)13-28-23(31-21)29-15-4-6-18-14(12-15)8-9-33(18)11-10-32(2)3/h4-7,12-13,16,19-20H,8-11H2,1-3H3,(H2,27,34)(H2,28,29,30,31)/t16-,19-,20-,24+,25+/m0/s1. The van der Waals surface area contributed by atoms with Crippen LogP contribution < -0.4 is 21.3 Å². The van der Waals surface area contributed by atoms with Gasteiger partial charge in [-0.05, 0) is 44.3 Å². The van der Waals surface area contributed by atoms with Crippen LogP contribution >= 0.6 is 0 Å². The van der Waals surface area contributed by atoms with E-state index in [9.17, 15) is 9.18 Å². The lowest BCUT2D eigenvalue weighted by atomic mass is 9.61. The van der Waals surface area contributed by atoms with Crippen LogP contribution in [0.5, 0.6) is 0 Å². The number of nitrogens with one attached hydrogen (secondary N) is 2. The molecule has 2 heterocycles. The van der Waals surface area contributed by atoms with Crippen LogP contribution in [0.2, 0.25) is 0 Å². The summed E-state index contributed by atoms with van der Waals surface area (Å²) >= 11 is 0. The maximum Gasteiger partial charge on any atom is 0.229 e. The molecule has 2 saturated carbocycles. The Kier molecular flexibility index (Phi) is 4.49. The Bertz CT molecular complexity index is 1220. The van der Waals surface area contributed by atoms with E-state index in [1.54, 1.807) is 0 Å². The predicted molar refractivity (Wildman–Crippen MR) is 129 cm³/mol. The summed E-state index contributed by atoms with van der Waals surface area (Å²) in [4.78, 5) is 25.4. The number of hydrogen-bond acceptors (Lipinski definition) is 7.